The van der Waals surface area contributed by atoms with Crippen LogP contribution < -0.4 is 28.4 Å². The van der Waals surface area contributed by atoms with Gasteiger partial charge in [-0.3, -0.25) is 0 Å². The number of benzene rings is 7. The molecule has 5 unspecified atom stereocenters. The van der Waals surface area contributed by atoms with Crippen LogP contribution in [0.1, 0.15) is 190 Å². The second-order valence-corrected chi connectivity index (χ2v) is 28.4. The highest BCUT2D eigenvalue weighted by Crippen LogP contribution is 2.57. The van der Waals surface area contributed by atoms with Crippen LogP contribution in [0.15, 0.2) is 215 Å². The van der Waals surface area contributed by atoms with E-state index in [0.717, 1.165) is 117 Å². The summed E-state index contributed by atoms with van der Waals surface area (Å²) in [7, 11) is 1.60. The maximum Gasteiger partial charge on any atom is 0.197 e. The van der Waals surface area contributed by atoms with E-state index in [9.17, 15) is 0 Å². The minimum absolute atomic E-state index is 0.106. The molecule has 0 radical (unpaired) electrons. The Morgan fingerprint density at radius 1 is 0.374 bits per heavy atom. The van der Waals surface area contributed by atoms with E-state index < -0.39 is 0 Å². The Kier molecular flexibility index (Phi) is 39.1. The lowest BCUT2D eigenvalue weighted by Gasteiger charge is -2.56. The molecule has 6 saturated carbocycles. The van der Waals surface area contributed by atoms with Gasteiger partial charge in [-0.15, -0.1) is 0 Å². The van der Waals surface area contributed by atoms with Gasteiger partial charge in [0.05, 0.1) is 25.4 Å². The van der Waals surface area contributed by atoms with Crippen LogP contribution in [0.4, 0.5) is 0 Å². The van der Waals surface area contributed by atoms with Crippen molar-refractivity contribution in [3.8, 4) is 34.5 Å². The van der Waals surface area contributed by atoms with E-state index >= 15 is 0 Å². The fourth-order valence-electron chi connectivity index (χ4n) is 14.6. The summed E-state index contributed by atoms with van der Waals surface area (Å²) in [6, 6.07) is 57.3. The molecule has 0 spiro atoms. The van der Waals surface area contributed by atoms with Crippen molar-refractivity contribution in [3.05, 3.63) is 254 Å². The molecule has 4 bridgehead atoms. The summed E-state index contributed by atoms with van der Waals surface area (Å²) < 4.78 is 67.6. The molecule has 0 amide bonds. The van der Waals surface area contributed by atoms with Crippen molar-refractivity contribution >= 4 is 36.5 Å². The molecule has 5 atom stereocenters. The SMILES string of the molecule is C=Cc1ccc(OC(C)OC23CC4CC(CC(C4)C2)C3)cc1.C=Cc1ccc(OC(C)OCC)cc1.C=Cc1ccc(OC(C)OCC2CCCCC2)cc1.C=Cc1ccc(OC(C)OCCC2CCCCC2)cc1.C=Cc1ccc(OC(C)OCCc2ccccc2)cc1.C=Cc1ccc(OCOC)cc1. The number of rotatable bonds is 34. The lowest BCUT2D eigenvalue weighted by molar-refractivity contribution is -0.225. The summed E-state index contributed by atoms with van der Waals surface area (Å²) >= 11 is 0. The normalized spacial score (nSPS) is 19.0. The van der Waals surface area contributed by atoms with Gasteiger partial charge in [0.25, 0.3) is 0 Å². The minimum atomic E-state index is -0.256. The molecular formula is C95H124O12. The van der Waals surface area contributed by atoms with Crippen molar-refractivity contribution < 1.29 is 56.8 Å². The zero-order valence-corrected chi connectivity index (χ0v) is 65.4. The van der Waals surface area contributed by atoms with Gasteiger partial charge in [0.15, 0.2) is 38.2 Å². The standard InChI is InChI=1S/C20H26O2.C18H26O2.C18H20O2.C17H24O2.C12H16O2.C10H12O2/c1-3-15-4-6-19(7-5-15)21-14(2)22-20-11-16-8-17(12-20)10-18(9-16)13-20;2*1-3-16-9-11-18(12-10-16)20-15(2)19-14-13-17-7-5-4-6-8-17;1-3-15-9-11-17(12-10-15)19-14(2)18-13-16-7-5-4-6-8-16;1-4-11-6-8-12(9-7-11)14-10(3)13-5-2;1-3-9-4-6-10(7-5-9)12-8-11-2/h3-7,14,16-18H,1,8-13H2,2H3;3,9-12,15,17H,1,4-8,13-14H2,2H3;3-12,15H,1,13-14H2,2H3;3,9-12,14,16H,1,4-8,13H2,2H3;4,6-10H,1,5H2,2-3H3;3-7H,1,8H2,2H3. The summed E-state index contributed by atoms with van der Waals surface area (Å²) in [6.07, 6.45) is 33.7. The highest BCUT2D eigenvalue weighted by Gasteiger charge is 2.52. The number of hydrogen-bond donors (Lipinski definition) is 0. The largest absolute Gasteiger partial charge is 0.468 e. The predicted molar refractivity (Wildman–Crippen MR) is 442 cm³/mol. The van der Waals surface area contributed by atoms with Gasteiger partial charge in [-0.1, -0.05) is 230 Å². The van der Waals surface area contributed by atoms with E-state index in [1.54, 1.807) is 19.3 Å². The first-order valence-corrected chi connectivity index (χ1v) is 39.1. The monoisotopic (exact) mass is 1460 g/mol. The van der Waals surface area contributed by atoms with Gasteiger partial charge < -0.3 is 56.8 Å². The van der Waals surface area contributed by atoms with Gasteiger partial charge in [0.2, 0.25) is 0 Å². The molecule has 0 N–H and O–H groups in total. The zero-order valence-electron chi connectivity index (χ0n) is 65.4. The molecule has 12 nitrogen and oxygen atoms in total. The van der Waals surface area contributed by atoms with Gasteiger partial charge in [-0.05, 0) is 247 Å². The lowest BCUT2D eigenvalue weighted by Crippen LogP contribution is -2.53. The van der Waals surface area contributed by atoms with Crippen LogP contribution in [-0.2, 0) is 34.8 Å². The first-order chi connectivity index (χ1) is 52.1. The fourth-order valence-corrected chi connectivity index (χ4v) is 14.6. The molecule has 13 rings (SSSR count). The van der Waals surface area contributed by atoms with Crippen molar-refractivity contribution in [2.24, 2.45) is 29.6 Å². The molecule has 576 valence electrons. The summed E-state index contributed by atoms with van der Waals surface area (Å²) in [6.45, 7) is 37.2. The van der Waals surface area contributed by atoms with E-state index in [4.69, 9.17) is 56.8 Å². The third-order valence-corrected chi connectivity index (χ3v) is 19.8. The first-order valence-electron chi connectivity index (χ1n) is 39.1. The van der Waals surface area contributed by atoms with E-state index in [2.05, 4.69) is 51.6 Å². The number of ether oxygens (including phenoxy) is 12. The topological polar surface area (TPSA) is 111 Å². The van der Waals surface area contributed by atoms with Crippen LogP contribution >= 0.6 is 0 Å². The molecular weight excluding hydrogens is 1330 g/mol. The third kappa shape index (κ3) is 33.3. The third-order valence-electron chi connectivity index (χ3n) is 19.8. The van der Waals surface area contributed by atoms with E-state index in [1.807, 2.05) is 230 Å². The first kappa shape index (κ1) is 85.8. The highest BCUT2D eigenvalue weighted by atomic mass is 16.7. The molecule has 0 heterocycles. The Labute approximate surface area is 642 Å². The minimum Gasteiger partial charge on any atom is -0.468 e. The average molecular weight is 1460 g/mol. The molecule has 0 aromatic heterocycles. The van der Waals surface area contributed by atoms with Gasteiger partial charge >= 0.3 is 0 Å². The summed E-state index contributed by atoms with van der Waals surface area (Å²) in [4.78, 5) is 0. The van der Waals surface area contributed by atoms with Crippen LogP contribution in [0.5, 0.6) is 34.5 Å². The predicted octanol–water partition coefficient (Wildman–Crippen LogP) is 24.4. The lowest BCUT2D eigenvalue weighted by atomic mass is 9.54. The molecule has 7 aromatic rings. The molecule has 107 heavy (non-hydrogen) atoms. The maximum absolute atomic E-state index is 6.47. The molecule has 0 saturated heterocycles. The van der Waals surface area contributed by atoms with E-state index in [-0.39, 0.29) is 43.8 Å². The molecule has 12 heteroatoms. The molecule has 6 aliphatic rings. The highest BCUT2D eigenvalue weighted by molar-refractivity contribution is 5.52. The van der Waals surface area contributed by atoms with Gasteiger partial charge in [-0.2, -0.15) is 0 Å². The van der Waals surface area contributed by atoms with Crippen LogP contribution in [0.3, 0.4) is 0 Å². The maximum atomic E-state index is 6.47. The van der Waals surface area contributed by atoms with Crippen LogP contribution in [-0.4, -0.2) is 77.4 Å². The molecule has 7 aromatic carbocycles. The Balaban J connectivity index is 0.000000181. The molecule has 6 fully saturated rings. The van der Waals surface area contributed by atoms with Gasteiger partial charge in [0.1, 0.15) is 34.5 Å². The second kappa shape index (κ2) is 48.8. The Morgan fingerprint density at radius 3 is 1.06 bits per heavy atom. The van der Waals surface area contributed by atoms with Crippen LogP contribution in [0.25, 0.3) is 36.5 Å². The van der Waals surface area contributed by atoms with Crippen LogP contribution in [0.2, 0.25) is 0 Å². The van der Waals surface area contributed by atoms with Crippen molar-refractivity contribution in [2.45, 2.75) is 194 Å². The Hall–Kier alpha value is -8.46. The van der Waals surface area contributed by atoms with Crippen molar-refractivity contribution in [2.75, 3.05) is 40.3 Å². The smallest absolute Gasteiger partial charge is 0.197 e. The summed E-state index contributed by atoms with van der Waals surface area (Å²) in [5.74, 6) is 9.32. The van der Waals surface area contributed by atoms with E-state index in [0.29, 0.717) is 13.2 Å². The Morgan fingerprint density at radius 2 is 0.701 bits per heavy atom. The van der Waals surface area contributed by atoms with Crippen molar-refractivity contribution in [3.63, 3.8) is 0 Å². The second-order valence-electron chi connectivity index (χ2n) is 28.4. The van der Waals surface area contributed by atoms with Crippen LogP contribution in [0, 0.1) is 29.6 Å². The fraction of sp³-hybridized carbons (Fsp3) is 0.432. The summed E-state index contributed by atoms with van der Waals surface area (Å²) in [5, 5.41) is 0. The van der Waals surface area contributed by atoms with Gasteiger partial charge in [-0.25, -0.2) is 0 Å². The van der Waals surface area contributed by atoms with Crippen molar-refractivity contribution in [1.29, 1.82) is 0 Å². The Bertz CT molecular complexity index is 3520. The number of hydrogen-bond acceptors (Lipinski definition) is 12. The number of methoxy groups -OCH3 is 1. The summed E-state index contributed by atoms with van der Waals surface area (Å²) in [5.41, 5.74) is 7.94. The van der Waals surface area contributed by atoms with Crippen molar-refractivity contribution in [1.82, 2.24) is 0 Å². The molecule has 6 aliphatic carbocycles. The van der Waals surface area contributed by atoms with E-state index in [1.165, 1.54) is 115 Å². The zero-order chi connectivity index (χ0) is 76.3. The average Bonchev–Trinajstić information content (AvgIpc) is 0.750. The quantitative estimate of drug-likeness (QED) is 0.0358. The molecule has 0 aliphatic heterocycles. The van der Waals surface area contributed by atoms with Gasteiger partial charge in [0, 0.05) is 13.7 Å².